The Hall–Kier alpha value is -2.10. The smallest absolute Gasteiger partial charge is 0.307 e. The highest BCUT2D eigenvalue weighted by atomic mass is 16.4. The lowest BCUT2D eigenvalue weighted by Crippen LogP contribution is -1.89. The van der Waals surface area contributed by atoms with Gasteiger partial charge in [-0.25, -0.2) is 0 Å². The van der Waals surface area contributed by atoms with E-state index in [9.17, 15) is 4.79 Å². The van der Waals surface area contributed by atoms with Gasteiger partial charge < -0.3 is 5.11 Å². The Kier molecular flexibility index (Phi) is 2.49. The molecule has 0 aliphatic carbocycles. The first kappa shape index (κ1) is 9.45. The number of aliphatic carboxylic acids is 1. The van der Waals surface area contributed by atoms with Gasteiger partial charge in [-0.2, -0.15) is 5.10 Å². The third-order valence-electron chi connectivity index (χ3n) is 2.07. The van der Waals surface area contributed by atoms with E-state index >= 15 is 0 Å². The molecule has 2 N–H and O–H groups in total. The maximum Gasteiger partial charge on any atom is 0.307 e. The molecule has 0 saturated carbocycles. The maximum absolute atomic E-state index is 10.3. The van der Waals surface area contributed by atoms with E-state index in [-0.39, 0.29) is 6.42 Å². The molecule has 1 aromatic heterocycles. The third-order valence-corrected chi connectivity index (χ3v) is 2.07. The van der Waals surface area contributed by atoms with Crippen molar-refractivity contribution in [3.05, 3.63) is 36.0 Å². The normalized spacial score (nSPS) is 11.2. The number of carbonyl (C=O) groups is 1. The van der Waals surface area contributed by atoms with Crippen LogP contribution in [0.5, 0.6) is 0 Å². The molecule has 0 saturated heterocycles. The minimum absolute atomic E-state index is 0.0427. The lowest BCUT2D eigenvalue weighted by Gasteiger charge is -1.93. The fourth-order valence-corrected chi connectivity index (χ4v) is 1.35. The van der Waals surface area contributed by atoms with Crippen molar-refractivity contribution in [1.82, 2.24) is 10.2 Å². The molecule has 76 valence electrons. The van der Waals surface area contributed by atoms with Gasteiger partial charge in [0.05, 0.1) is 18.1 Å². The Morgan fingerprint density at radius 2 is 2.40 bits per heavy atom. The minimum atomic E-state index is -0.825. The van der Waals surface area contributed by atoms with E-state index in [0.29, 0.717) is 0 Å². The van der Waals surface area contributed by atoms with Gasteiger partial charge in [0.15, 0.2) is 0 Å². The zero-order valence-corrected chi connectivity index (χ0v) is 7.97. The van der Waals surface area contributed by atoms with Crippen molar-refractivity contribution in [2.45, 2.75) is 6.42 Å². The Balaban J connectivity index is 2.21. The summed E-state index contributed by atoms with van der Waals surface area (Å²) in [5.41, 5.74) is 1.92. The van der Waals surface area contributed by atoms with Crippen molar-refractivity contribution in [2.24, 2.45) is 0 Å². The number of carboxylic acid groups (broad SMARTS) is 1. The summed E-state index contributed by atoms with van der Waals surface area (Å²) >= 11 is 0. The van der Waals surface area contributed by atoms with Crippen LogP contribution in [0, 0.1) is 0 Å². The highest BCUT2D eigenvalue weighted by Crippen LogP contribution is 2.13. The topological polar surface area (TPSA) is 66.0 Å². The van der Waals surface area contributed by atoms with Gasteiger partial charge in [0.2, 0.25) is 0 Å². The summed E-state index contributed by atoms with van der Waals surface area (Å²) in [5.74, 6) is -0.825. The van der Waals surface area contributed by atoms with E-state index in [4.69, 9.17) is 5.11 Å². The number of aromatic nitrogens is 2. The molecule has 0 spiro atoms. The lowest BCUT2D eigenvalue weighted by atomic mass is 10.1. The zero-order chi connectivity index (χ0) is 10.7. The van der Waals surface area contributed by atoms with Crippen LogP contribution in [0.15, 0.2) is 30.5 Å². The largest absolute Gasteiger partial charge is 0.481 e. The third kappa shape index (κ3) is 2.22. The first-order chi connectivity index (χ1) is 7.25. The molecule has 2 aromatic rings. The van der Waals surface area contributed by atoms with Crippen molar-refractivity contribution in [1.29, 1.82) is 0 Å². The summed E-state index contributed by atoms with van der Waals surface area (Å²) < 4.78 is 0. The molecule has 0 atom stereocenters. The van der Waals surface area contributed by atoms with E-state index in [1.807, 2.05) is 18.2 Å². The summed E-state index contributed by atoms with van der Waals surface area (Å²) in [4.78, 5) is 10.3. The zero-order valence-electron chi connectivity index (χ0n) is 7.97. The van der Waals surface area contributed by atoms with Crippen molar-refractivity contribution in [3.63, 3.8) is 0 Å². The SMILES string of the molecule is O=C(O)CC=Cc1ccc2cn[nH]c2c1. The fraction of sp³-hybridized carbons (Fsp3) is 0.0909. The van der Waals surface area contributed by atoms with E-state index in [1.54, 1.807) is 18.3 Å². The number of nitrogens with one attached hydrogen (secondary N) is 1. The number of nitrogens with zero attached hydrogens (tertiary/aromatic N) is 1. The van der Waals surface area contributed by atoms with Crippen LogP contribution in [0.1, 0.15) is 12.0 Å². The number of aromatic amines is 1. The van der Waals surface area contributed by atoms with Gasteiger partial charge in [-0.15, -0.1) is 0 Å². The van der Waals surface area contributed by atoms with Crippen LogP contribution in [0.4, 0.5) is 0 Å². The van der Waals surface area contributed by atoms with Crippen LogP contribution in [-0.2, 0) is 4.79 Å². The van der Waals surface area contributed by atoms with Gasteiger partial charge in [-0.3, -0.25) is 9.89 Å². The van der Waals surface area contributed by atoms with E-state index in [1.165, 1.54) is 0 Å². The van der Waals surface area contributed by atoms with E-state index in [2.05, 4.69) is 10.2 Å². The van der Waals surface area contributed by atoms with Crippen LogP contribution in [0.3, 0.4) is 0 Å². The quantitative estimate of drug-likeness (QED) is 0.800. The molecule has 0 radical (unpaired) electrons. The number of H-pyrrole nitrogens is 1. The van der Waals surface area contributed by atoms with Crippen LogP contribution < -0.4 is 0 Å². The van der Waals surface area contributed by atoms with E-state index in [0.717, 1.165) is 16.5 Å². The Bertz CT molecular complexity index is 514. The monoisotopic (exact) mass is 202 g/mol. The summed E-state index contributed by atoms with van der Waals surface area (Å²) in [6, 6.07) is 5.80. The average molecular weight is 202 g/mol. The lowest BCUT2D eigenvalue weighted by molar-refractivity contribution is -0.135. The number of carboxylic acids is 1. The Morgan fingerprint density at radius 3 is 3.20 bits per heavy atom. The Morgan fingerprint density at radius 1 is 1.53 bits per heavy atom. The summed E-state index contributed by atoms with van der Waals surface area (Å²) in [7, 11) is 0. The highest BCUT2D eigenvalue weighted by molar-refractivity contribution is 5.80. The number of hydrogen-bond acceptors (Lipinski definition) is 2. The number of hydrogen-bond donors (Lipinski definition) is 2. The molecule has 0 amide bonds. The molecule has 1 heterocycles. The molecule has 0 aliphatic rings. The minimum Gasteiger partial charge on any atom is -0.481 e. The fourth-order valence-electron chi connectivity index (χ4n) is 1.35. The first-order valence-electron chi connectivity index (χ1n) is 4.57. The highest BCUT2D eigenvalue weighted by Gasteiger charge is 1.95. The second kappa shape index (κ2) is 3.96. The molecule has 0 aliphatic heterocycles. The van der Waals surface area contributed by atoms with Gasteiger partial charge in [0, 0.05) is 5.39 Å². The Labute approximate surface area is 86.2 Å². The predicted octanol–water partition coefficient (Wildman–Crippen LogP) is 2.05. The number of rotatable bonds is 3. The van der Waals surface area contributed by atoms with Crippen molar-refractivity contribution in [3.8, 4) is 0 Å². The van der Waals surface area contributed by atoms with Gasteiger partial charge in [0.1, 0.15) is 0 Å². The van der Waals surface area contributed by atoms with Gasteiger partial charge >= 0.3 is 5.97 Å². The molecule has 0 bridgehead atoms. The van der Waals surface area contributed by atoms with Gasteiger partial charge in [-0.1, -0.05) is 24.3 Å². The second-order valence-electron chi connectivity index (χ2n) is 3.22. The average Bonchev–Trinajstić information content (AvgIpc) is 2.64. The molecule has 0 fully saturated rings. The summed E-state index contributed by atoms with van der Waals surface area (Å²) in [6.07, 6.45) is 5.20. The predicted molar refractivity (Wildman–Crippen MR) is 57.4 cm³/mol. The second-order valence-corrected chi connectivity index (χ2v) is 3.22. The van der Waals surface area contributed by atoms with Crippen LogP contribution >= 0.6 is 0 Å². The molecule has 4 heteroatoms. The van der Waals surface area contributed by atoms with Crippen LogP contribution in [0.25, 0.3) is 17.0 Å². The summed E-state index contributed by atoms with van der Waals surface area (Å²) in [5, 5.41) is 16.3. The van der Waals surface area contributed by atoms with Crippen molar-refractivity contribution >= 4 is 22.9 Å². The standard InChI is InChI=1S/C11H10N2O2/c14-11(15)3-1-2-8-4-5-9-7-12-13-10(9)6-8/h1-2,4-7H,3H2,(H,12,13)(H,14,15). The number of benzene rings is 1. The molecular formula is C11H10N2O2. The molecule has 4 nitrogen and oxygen atoms in total. The molecule has 0 unspecified atom stereocenters. The van der Waals surface area contributed by atoms with E-state index < -0.39 is 5.97 Å². The van der Waals surface area contributed by atoms with Crippen LogP contribution in [0.2, 0.25) is 0 Å². The molecular weight excluding hydrogens is 192 g/mol. The first-order valence-corrected chi connectivity index (χ1v) is 4.57. The molecule has 2 rings (SSSR count). The summed E-state index contributed by atoms with van der Waals surface area (Å²) in [6.45, 7) is 0. The molecule has 15 heavy (non-hydrogen) atoms. The van der Waals surface area contributed by atoms with Gasteiger partial charge in [0.25, 0.3) is 0 Å². The van der Waals surface area contributed by atoms with Crippen molar-refractivity contribution in [2.75, 3.05) is 0 Å². The number of fused-ring (bicyclic) bond motifs is 1. The molecule has 1 aromatic carbocycles. The van der Waals surface area contributed by atoms with Crippen LogP contribution in [-0.4, -0.2) is 21.3 Å². The van der Waals surface area contributed by atoms with Crippen molar-refractivity contribution < 1.29 is 9.90 Å². The van der Waals surface area contributed by atoms with Gasteiger partial charge in [-0.05, 0) is 11.6 Å². The maximum atomic E-state index is 10.3.